The lowest BCUT2D eigenvalue weighted by Crippen LogP contribution is -2.05. The molecule has 0 aliphatic carbocycles. The van der Waals surface area contributed by atoms with Gasteiger partial charge in [0.2, 0.25) is 0 Å². The minimum absolute atomic E-state index is 0.376. The molecule has 0 amide bonds. The van der Waals surface area contributed by atoms with E-state index >= 15 is 0 Å². The van der Waals surface area contributed by atoms with E-state index in [1.807, 2.05) is 12.3 Å². The molecule has 0 saturated carbocycles. The number of hydrogen-bond donors (Lipinski definition) is 0. The van der Waals surface area contributed by atoms with E-state index < -0.39 is 0 Å². The van der Waals surface area contributed by atoms with Crippen molar-refractivity contribution in [2.24, 2.45) is 5.92 Å². The molecule has 1 atom stereocenters. The van der Waals surface area contributed by atoms with Gasteiger partial charge in [0.25, 0.3) is 0 Å². The molecular weight excluding hydrogens is 158 g/mol. The van der Waals surface area contributed by atoms with Crippen LogP contribution in [-0.2, 0) is 0 Å². The largest absolute Gasteiger partial charge is 0.260 e. The van der Waals surface area contributed by atoms with Gasteiger partial charge >= 0.3 is 0 Å². The number of aromatic nitrogens is 1. The van der Waals surface area contributed by atoms with Gasteiger partial charge in [0, 0.05) is 17.8 Å². The molecule has 1 nitrogen and oxygen atoms in total. The molecule has 1 heteroatoms. The fourth-order valence-electron chi connectivity index (χ4n) is 1.41. The summed E-state index contributed by atoms with van der Waals surface area (Å²) in [4.78, 5) is 4.40. The Kier molecular flexibility index (Phi) is 3.24. The standard InChI is InChI=1S/C12H17N/c1-5-11(9(2)3)12-7-6-10(4)8-13-12/h5-9,11H,1H2,2-4H3. The van der Waals surface area contributed by atoms with E-state index in [-0.39, 0.29) is 0 Å². The van der Waals surface area contributed by atoms with Gasteiger partial charge in [-0.2, -0.15) is 0 Å². The summed E-state index contributed by atoms with van der Waals surface area (Å²) in [6, 6.07) is 4.18. The van der Waals surface area contributed by atoms with Gasteiger partial charge in [-0.05, 0) is 24.5 Å². The molecule has 0 aliphatic heterocycles. The summed E-state index contributed by atoms with van der Waals surface area (Å²) in [5.74, 6) is 0.938. The molecule has 1 aromatic rings. The maximum atomic E-state index is 4.40. The molecule has 0 bridgehead atoms. The minimum Gasteiger partial charge on any atom is -0.260 e. The van der Waals surface area contributed by atoms with Gasteiger partial charge < -0.3 is 0 Å². The van der Waals surface area contributed by atoms with Crippen LogP contribution in [0, 0.1) is 12.8 Å². The SMILES string of the molecule is C=CC(c1ccc(C)cn1)C(C)C. The smallest absolute Gasteiger partial charge is 0.0474 e. The predicted octanol–water partition coefficient (Wildman–Crippen LogP) is 3.32. The molecular formula is C12H17N. The van der Waals surface area contributed by atoms with Gasteiger partial charge in [0.15, 0.2) is 0 Å². The molecule has 1 aromatic heterocycles. The van der Waals surface area contributed by atoms with Crippen molar-refractivity contribution in [3.63, 3.8) is 0 Å². The first-order valence-corrected chi connectivity index (χ1v) is 4.70. The summed E-state index contributed by atoms with van der Waals surface area (Å²) in [6.45, 7) is 10.3. The highest BCUT2D eigenvalue weighted by Gasteiger charge is 2.12. The van der Waals surface area contributed by atoms with Crippen LogP contribution in [0.15, 0.2) is 31.0 Å². The van der Waals surface area contributed by atoms with Crippen molar-refractivity contribution in [1.29, 1.82) is 0 Å². The number of hydrogen-bond acceptors (Lipinski definition) is 1. The van der Waals surface area contributed by atoms with E-state index in [4.69, 9.17) is 0 Å². The quantitative estimate of drug-likeness (QED) is 0.642. The summed E-state index contributed by atoms with van der Waals surface area (Å²) in [7, 11) is 0. The van der Waals surface area contributed by atoms with Crippen LogP contribution in [0.25, 0.3) is 0 Å². The molecule has 0 radical (unpaired) electrons. The molecule has 70 valence electrons. The Morgan fingerprint density at radius 2 is 2.08 bits per heavy atom. The summed E-state index contributed by atoms with van der Waals surface area (Å²) in [6.07, 6.45) is 3.89. The number of aryl methyl sites for hydroxylation is 1. The van der Waals surface area contributed by atoms with Gasteiger partial charge in [-0.1, -0.05) is 26.0 Å². The van der Waals surface area contributed by atoms with Crippen LogP contribution in [-0.4, -0.2) is 4.98 Å². The molecule has 13 heavy (non-hydrogen) atoms. The van der Waals surface area contributed by atoms with Crippen LogP contribution >= 0.6 is 0 Å². The molecule has 0 fully saturated rings. The second kappa shape index (κ2) is 4.22. The summed E-state index contributed by atoms with van der Waals surface area (Å²) >= 11 is 0. The zero-order valence-corrected chi connectivity index (χ0v) is 8.62. The molecule has 1 unspecified atom stereocenters. The highest BCUT2D eigenvalue weighted by atomic mass is 14.7. The van der Waals surface area contributed by atoms with Crippen LogP contribution in [0.4, 0.5) is 0 Å². The van der Waals surface area contributed by atoms with Gasteiger partial charge in [-0.25, -0.2) is 0 Å². The van der Waals surface area contributed by atoms with Crippen LogP contribution < -0.4 is 0 Å². The third-order valence-electron chi connectivity index (χ3n) is 2.25. The number of pyridine rings is 1. The normalized spacial score (nSPS) is 12.9. The summed E-state index contributed by atoms with van der Waals surface area (Å²) in [5.41, 5.74) is 2.32. The second-order valence-corrected chi connectivity index (χ2v) is 3.77. The molecule has 0 saturated heterocycles. The van der Waals surface area contributed by atoms with E-state index in [9.17, 15) is 0 Å². The number of allylic oxidation sites excluding steroid dienone is 1. The summed E-state index contributed by atoms with van der Waals surface area (Å²) < 4.78 is 0. The Labute approximate surface area is 80.5 Å². The molecule has 0 spiro atoms. The topological polar surface area (TPSA) is 12.9 Å². The monoisotopic (exact) mass is 175 g/mol. The Bertz CT molecular complexity index is 272. The van der Waals surface area contributed by atoms with Crippen LogP contribution in [0.2, 0.25) is 0 Å². The van der Waals surface area contributed by atoms with Crippen molar-refractivity contribution in [2.75, 3.05) is 0 Å². The van der Waals surface area contributed by atoms with E-state index in [0.29, 0.717) is 11.8 Å². The third-order valence-corrected chi connectivity index (χ3v) is 2.25. The lowest BCUT2D eigenvalue weighted by atomic mass is 9.92. The molecule has 0 aromatic carbocycles. The van der Waals surface area contributed by atoms with E-state index in [1.165, 1.54) is 5.56 Å². The lowest BCUT2D eigenvalue weighted by Gasteiger charge is -2.15. The van der Waals surface area contributed by atoms with Gasteiger partial charge in [-0.15, -0.1) is 6.58 Å². The lowest BCUT2D eigenvalue weighted by molar-refractivity contribution is 0.567. The van der Waals surface area contributed by atoms with Crippen LogP contribution in [0.1, 0.15) is 31.0 Å². The fourth-order valence-corrected chi connectivity index (χ4v) is 1.41. The van der Waals surface area contributed by atoms with Crippen molar-refractivity contribution in [1.82, 2.24) is 4.98 Å². The van der Waals surface area contributed by atoms with Gasteiger partial charge in [0.1, 0.15) is 0 Å². The zero-order chi connectivity index (χ0) is 9.84. The zero-order valence-electron chi connectivity index (χ0n) is 8.62. The number of nitrogens with zero attached hydrogens (tertiary/aromatic N) is 1. The summed E-state index contributed by atoms with van der Waals surface area (Å²) in [5, 5.41) is 0. The Hall–Kier alpha value is -1.11. The average molecular weight is 175 g/mol. The molecule has 1 rings (SSSR count). The van der Waals surface area contributed by atoms with Crippen molar-refractivity contribution < 1.29 is 0 Å². The highest BCUT2D eigenvalue weighted by Crippen LogP contribution is 2.23. The third kappa shape index (κ3) is 2.41. The maximum Gasteiger partial charge on any atom is 0.0474 e. The Morgan fingerprint density at radius 1 is 1.38 bits per heavy atom. The van der Waals surface area contributed by atoms with Crippen LogP contribution in [0.3, 0.4) is 0 Å². The number of rotatable bonds is 3. The average Bonchev–Trinajstić information content (AvgIpc) is 2.09. The Balaban J connectivity index is 2.92. The first-order valence-electron chi connectivity index (χ1n) is 4.70. The predicted molar refractivity (Wildman–Crippen MR) is 56.8 cm³/mol. The van der Waals surface area contributed by atoms with Crippen molar-refractivity contribution >= 4 is 0 Å². The first-order chi connectivity index (χ1) is 6.15. The minimum atomic E-state index is 0.376. The first kappa shape index (κ1) is 9.97. The van der Waals surface area contributed by atoms with Gasteiger partial charge in [0.05, 0.1) is 0 Å². The van der Waals surface area contributed by atoms with Crippen LogP contribution in [0.5, 0.6) is 0 Å². The van der Waals surface area contributed by atoms with Crippen molar-refractivity contribution in [2.45, 2.75) is 26.7 Å². The van der Waals surface area contributed by atoms with E-state index in [2.05, 4.69) is 44.5 Å². The van der Waals surface area contributed by atoms with E-state index in [1.54, 1.807) is 0 Å². The Morgan fingerprint density at radius 3 is 2.46 bits per heavy atom. The molecule has 0 aliphatic rings. The van der Waals surface area contributed by atoms with E-state index in [0.717, 1.165) is 5.69 Å². The highest BCUT2D eigenvalue weighted by molar-refractivity contribution is 5.19. The fraction of sp³-hybridized carbons (Fsp3) is 0.417. The van der Waals surface area contributed by atoms with Gasteiger partial charge in [-0.3, -0.25) is 4.98 Å². The molecule has 0 N–H and O–H groups in total. The maximum absolute atomic E-state index is 4.40. The molecule has 1 heterocycles. The van der Waals surface area contributed by atoms with Crippen molar-refractivity contribution in [3.05, 3.63) is 42.2 Å². The van der Waals surface area contributed by atoms with Crippen molar-refractivity contribution in [3.8, 4) is 0 Å². The second-order valence-electron chi connectivity index (χ2n) is 3.77.